The monoisotopic (exact) mass is 505 g/mol. The molecule has 0 saturated heterocycles. The van der Waals surface area contributed by atoms with Gasteiger partial charge in [-0.2, -0.15) is 5.26 Å². The number of nitrogens with zero attached hydrogens (tertiary/aromatic N) is 4. The Bertz CT molecular complexity index is 1360. The topological polar surface area (TPSA) is 95.9 Å². The highest BCUT2D eigenvalue weighted by Crippen LogP contribution is 2.48. The number of nitriles is 1. The number of Topliss-reactive ketones (excluding diaryl/α,β-unsaturated/α-hetero) is 1. The summed E-state index contributed by atoms with van der Waals surface area (Å²) in [6, 6.07) is 19.7. The number of anilines is 1. The van der Waals surface area contributed by atoms with Crippen LogP contribution < -0.4 is 10.6 Å². The Balaban J connectivity index is 1.55. The summed E-state index contributed by atoms with van der Waals surface area (Å²) >= 11 is 9.50. The summed E-state index contributed by atoms with van der Waals surface area (Å²) in [6.07, 6.45) is 1.81. The maximum Gasteiger partial charge on any atom is 0.219 e. The zero-order chi connectivity index (χ0) is 23.7. The van der Waals surface area contributed by atoms with Crippen LogP contribution in [-0.4, -0.2) is 16.0 Å². The highest BCUT2D eigenvalue weighted by Gasteiger charge is 2.41. The number of halogens is 1. The van der Waals surface area contributed by atoms with Gasteiger partial charge in [0.25, 0.3) is 0 Å². The lowest BCUT2D eigenvalue weighted by Crippen LogP contribution is -2.38. The van der Waals surface area contributed by atoms with Crippen LogP contribution in [0.25, 0.3) is 0 Å². The maximum atomic E-state index is 13.2. The largest absolute Gasteiger partial charge is 0.384 e. The molecule has 1 aromatic heterocycles. The molecule has 2 aliphatic rings. The van der Waals surface area contributed by atoms with Crippen molar-refractivity contribution >= 4 is 45.6 Å². The van der Waals surface area contributed by atoms with Gasteiger partial charge in [-0.3, -0.25) is 9.69 Å². The molecule has 1 unspecified atom stereocenters. The standard InChI is InChI=1S/C25H20ClN5OS2/c26-18-10-5-4-9-16(18)21-17(13-27)23(28)31(19-11-6-12-20(32)22(19)21)24-29-30-25(34-24)33-14-15-7-2-1-3-8-15/h1-5,7-10,21H,6,11-12,14,28H2. The lowest BCUT2D eigenvalue weighted by Gasteiger charge is -2.38. The summed E-state index contributed by atoms with van der Waals surface area (Å²) in [5.41, 5.74) is 10.2. The van der Waals surface area contributed by atoms with Gasteiger partial charge in [0, 0.05) is 28.5 Å². The van der Waals surface area contributed by atoms with Crippen molar-refractivity contribution in [3.05, 3.63) is 93.4 Å². The van der Waals surface area contributed by atoms with Crippen LogP contribution in [0.1, 0.15) is 36.3 Å². The second-order valence-corrected chi connectivity index (χ2v) is 10.5. The highest BCUT2D eigenvalue weighted by molar-refractivity contribution is 8.00. The molecule has 0 amide bonds. The molecule has 3 aromatic rings. The Morgan fingerprint density at radius 3 is 2.68 bits per heavy atom. The molecule has 34 heavy (non-hydrogen) atoms. The lowest BCUT2D eigenvalue weighted by molar-refractivity contribution is -0.116. The van der Waals surface area contributed by atoms with E-state index in [1.807, 2.05) is 36.4 Å². The van der Waals surface area contributed by atoms with Crippen molar-refractivity contribution < 1.29 is 4.79 Å². The molecule has 6 nitrogen and oxygen atoms in total. The van der Waals surface area contributed by atoms with Gasteiger partial charge in [0.1, 0.15) is 5.82 Å². The summed E-state index contributed by atoms with van der Waals surface area (Å²) in [6.45, 7) is 0. The number of aromatic nitrogens is 2. The van der Waals surface area contributed by atoms with Gasteiger partial charge in [-0.1, -0.05) is 83.2 Å². The molecule has 5 rings (SSSR count). The van der Waals surface area contributed by atoms with Crippen LogP contribution in [0.3, 0.4) is 0 Å². The number of allylic oxidation sites excluding steroid dienone is 3. The normalized spacial score (nSPS) is 18.2. The number of hydrogen-bond acceptors (Lipinski definition) is 8. The van der Waals surface area contributed by atoms with Gasteiger partial charge in [-0.25, -0.2) is 0 Å². The summed E-state index contributed by atoms with van der Waals surface area (Å²) < 4.78 is 0.794. The van der Waals surface area contributed by atoms with Crippen LogP contribution in [0, 0.1) is 11.3 Å². The molecule has 0 radical (unpaired) electrons. The van der Waals surface area contributed by atoms with Gasteiger partial charge in [0.2, 0.25) is 5.13 Å². The van der Waals surface area contributed by atoms with Crippen LogP contribution in [0.5, 0.6) is 0 Å². The number of thioether (sulfide) groups is 1. The van der Waals surface area contributed by atoms with Gasteiger partial charge in [-0.15, -0.1) is 10.2 Å². The van der Waals surface area contributed by atoms with E-state index in [1.54, 1.807) is 22.7 Å². The predicted molar refractivity (Wildman–Crippen MR) is 135 cm³/mol. The Labute approximate surface area is 210 Å². The number of nitrogens with two attached hydrogens (primary N) is 1. The van der Waals surface area contributed by atoms with Gasteiger partial charge in [-0.05, 0) is 30.0 Å². The minimum atomic E-state index is -0.586. The molecule has 0 bridgehead atoms. The third-order valence-electron chi connectivity index (χ3n) is 5.92. The van der Waals surface area contributed by atoms with Crippen LogP contribution >= 0.6 is 34.7 Å². The van der Waals surface area contributed by atoms with E-state index in [1.165, 1.54) is 16.9 Å². The number of ketones is 1. The molecule has 2 N–H and O–H groups in total. The quantitative estimate of drug-likeness (QED) is 0.438. The molecule has 0 spiro atoms. The number of carbonyl (C=O) groups is 1. The first-order chi connectivity index (χ1) is 16.6. The second kappa shape index (κ2) is 9.63. The van der Waals surface area contributed by atoms with Crippen molar-refractivity contribution in [2.24, 2.45) is 5.73 Å². The third kappa shape index (κ3) is 4.11. The molecular weight excluding hydrogens is 486 g/mol. The van der Waals surface area contributed by atoms with Crippen LogP contribution in [0.15, 0.2) is 81.6 Å². The van der Waals surface area contributed by atoms with Gasteiger partial charge < -0.3 is 5.73 Å². The molecule has 0 saturated carbocycles. The highest BCUT2D eigenvalue weighted by atomic mass is 35.5. The molecule has 1 aliphatic carbocycles. The molecule has 1 aliphatic heterocycles. The van der Waals surface area contributed by atoms with Gasteiger partial charge >= 0.3 is 0 Å². The predicted octanol–water partition coefficient (Wildman–Crippen LogP) is 5.79. The number of hydrogen-bond donors (Lipinski definition) is 1. The first-order valence-electron chi connectivity index (χ1n) is 10.8. The first-order valence-corrected chi connectivity index (χ1v) is 13.0. The van der Waals surface area contributed by atoms with E-state index in [9.17, 15) is 10.1 Å². The fourth-order valence-electron chi connectivity index (χ4n) is 4.40. The summed E-state index contributed by atoms with van der Waals surface area (Å²) in [4.78, 5) is 14.9. The molecule has 0 fully saturated rings. The zero-order valence-corrected chi connectivity index (χ0v) is 20.5. The third-order valence-corrected chi connectivity index (χ3v) is 8.38. The van der Waals surface area contributed by atoms with Gasteiger partial charge in [0.05, 0.1) is 17.6 Å². The number of benzene rings is 2. The minimum Gasteiger partial charge on any atom is -0.384 e. The van der Waals surface area contributed by atoms with E-state index in [2.05, 4.69) is 28.4 Å². The Kier molecular flexibility index (Phi) is 6.42. The fourth-order valence-corrected chi connectivity index (χ4v) is 6.48. The van der Waals surface area contributed by atoms with Crippen molar-refractivity contribution in [2.45, 2.75) is 35.3 Å². The van der Waals surface area contributed by atoms with E-state index in [-0.39, 0.29) is 11.6 Å². The smallest absolute Gasteiger partial charge is 0.219 e. The average molecular weight is 506 g/mol. The lowest BCUT2D eigenvalue weighted by atomic mass is 9.76. The van der Waals surface area contributed by atoms with Crippen LogP contribution in [-0.2, 0) is 10.5 Å². The summed E-state index contributed by atoms with van der Waals surface area (Å²) in [7, 11) is 0. The van der Waals surface area contributed by atoms with Crippen molar-refractivity contribution in [3.8, 4) is 6.07 Å². The molecule has 2 aromatic carbocycles. The molecular formula is C25H20ClN5OS2. The molecule has 1 atom stereocenters. The van der Waals surface area contributed by atoms with Crippen molar-refractivity contribution in [3.63, 3.8) is 0 Å². The van der Waals surface area contributed by atoms with Crippen molar-refractivity contribution in [1.29, 1.82) is 5.26 Å². The Morgan fingerprint density at radius 1 is 1.15 bits per heavy atom. The van der Waals surface area contributed by atoms with Crippen LogP contribution in [0.4, 0.5) is 5.13 Å². The van der Waals surface area contributed by atoms with Gasteiger partial charge in [0.15, 0.2) is 10.1 Å². The van der Waals surface area contributed by atoms with E-state index in [0.717, 1.165) is 15.8 Å². The average Bonchev–Trinajstić information content (AvgIpc) is 3.32. The van der Waals surface area contributed by atoms with Crippen molar-refractivity contribution in [1.82, 2.24) is 10.2 Å². The minimum absolute atomic E-state index is 0.0135. The Hall–Kier alpha value is -3.12. The SMILES string of the molecule is N#CC1=C(N)N(c2nnc(SCc3ccccc3)s2)C2=C(C(=O)CCC2)C1c1ccccc1Cl. The Morgan fingerprint density at radius 2 is 1.91 bits per heavy atom. The van der Waals surface area contributed by atoms with Crippen molar-refractivity contribution in [2.75, 3.05) is 4.90 Å². The van der Waals surface area contributed by atoms with E-state index < -0.39 is 5.92 Å². The number of rotatable bonds is 5. The van der Waals surface area contributed by atoms with E-state index in [4.69, 9.17) is 17.3 Å². The summed E-state index contributed by atoms with van der Waals surface area (Å²) in [5.74, 6) is 0.472. The number of carbonyl (C=O) groups excluding carboxylic acids is 1. The first kappa shape index (κ1) is 22.7. The molecule has 170 valence electrons. The van der Waals surface area contributed by atoms with E-state index >= 15 is 0 Å². The maximum absolute atomic E-state index is 13.2. The zero-order valence-electron chi connectivity index (χ0n) is 18.1. The molecule has 9 heteroatoms. The van der Waals surface area contributed by atoms with E-state index in [0.29, 0.717) is 46.1 Å². The second-order valence-electron chi connectivity index (χ2n) is 7.96. The van der Waals surface area contributed by atoms with Crippen LogP contribution in [0.2, 0.25) is 5.02 Å². The summed E-state index contributed by atoms with van der Waals surface area (Å²) in [5, 5.41) is 19.9. The molecule has 2 heterocycles. The fraction of sp³-hybridized carbons (Fsp3) is 0.200.